The van der Waals surface area contributed by atoms with Crippen LogP contribution in [0.3, 0.4) is 0 Å². The first-order chi connectivity index (χ1) is 5.52. The van der Waals surface area contributed by atoms with Gasteiger partial charge in [0.2, 0.25) is 0 Å². The average molecular weight is 180 g/mol. The number of nitrogens with one attached hydrogen (secondary N) is 1. The fourth-order valence-corrected chi connectivity index (χ4v) is 1.77. The summed E-state index contributed by atoms with van der Waals surface area (Å²) < 4.78 is 41.8. The quantitative estimate of drug-likeness (QED) is 0.607. The molecule has 2 aliphatic rings. The standard InChI is InChI=1S/C6H10BF3NO/c8-7(9,10)5-1-6(12-2-5)3-11-4-6/h5,11H,1-4H2/q-1. The molecule has 70 valence electrons. The van der Waals surface area contributed by atoms with Crippen LogP contribution < -0.4 is 5.32 Å². The lowest BCUT2D eigenvalue weighted by Gasteiger charge is -2.39. The Morgan fingerprint density at radius 3 is 2.25 bits per heavy atom. The van der Waals surface area contributed by atoms with Gasteiger partial charge >= 0.3 is 6.98 Å². The van der Waals surface area contributed by atoms with Crippen LogP contribution in [-0.4, -0.2) is 32.3 Å². The van der Waals surface area contributed by atoms with Crippen molar-refractivity contribution in [1.29, 1.82) is 0 Å². The third kappa shape index (κ3) is 1.23. The van der Waals surface area contributed by atoms with Crippen LogP contribution in [0, 0.1) is 0 Å². The molecule has 0 aliphatic carbocycles. The summed E-state index contributed by atoms with van der Waals surface area (Å²) in [5, 5.41) is 2.93. The van der Waals surface area contributed by atoms with E-state index in [9.17, 15) is 12.9 Å². The highest BCUT2D eigenvalue weighted by Gasteiger charge is 2.50. The molecule has 2 nitrogen and oxygen atoms in total. The van der Waals surface area contributed by atoms with Crippen molar-refractivity contribution >= 4 is 6.98 Å². The molecule has 0 aromatic heterocycles. The van der Waals surface area contributed by atoms with Crippen LogP contribution in [0.15, 0.2) is 0 Å². The van der Waals surface area contributed by atoms with Gasteiger partial charge in [0.1, 0.15) is 0 Å². The highest BCUT2D eigenvalue weighted by atomic mass is 19.4. The Bertz CT molecular complexity index is 192. The molecule has 1 N–H and O–H groups in total. The summed E-state index contributed by atoms with van der Waals surface area (Å²) in [6.45, 7) is -3.67. The lowest BCUT2D eigenvalue weighted by atomic mass is 9.69. The maximum absolute atomic E-state index is 12.2. The lowest BCUT2D eigenvalue weighted by molar-refractivity contribution is -0.0359. The van der Waals surface area contributed by atoms with Crippen molar-refractivity contribution in [2.24, 2.45) is 0 Å². The second kappa shape index (κ2) is 2.39. The molecule has 1 atom stereocenters. The van der Waals surface area contributed by atoms with Gasteiger partial charge in [0.25, 0.3) is 0 Å². The molecule has 0 bridgehead atoms. The van der Waals surface area contributed by atoms with E-state index in [1.165, 1.54) is 0 Å². The molecule has 6 heteroatoms. The van der Waals surface area contributed by atoms with E-state index in [0.29, 0.717) is 13.1 Å². The van der Waals surface area contributed by atoms with Crippen LogP contribution in [0.5, 0.6) is 0 Å². The van der Waals surface area contributed by atoms with Gasteiger partial charge in [0, 0.05) is 19.7 Å². The molecule has 12 heavy (non-hydrogen) atoms. The molecule has 0 aromatic rings. The van der Waals surface area contributed by atoms with Gasteiger partial charge in [-0.3, -0.25) is 0 Å². The van der Waals surface area contributed by atoms with E-state index in [1.54, 1.807) is 0 Å². The Hall–Kier alpha value is -0.225. The maximum Gasteiger partial charge on any atom is 0.483 e. The summed E-state index contributed by atoms with van der Waals surface area (Å²) >= 11 is 0. The zero-order valence-electron chi connectivity index (χ0n) is 6.53. The van der Waals surface area contributed by atoms with Crippen molar-refractivity contribution in [1.82, 2.24) is 5.32 Å². The number of hydrogen-bond acceptors (Lipinski definition) is 2. The molecule has 0 aromatic carbocycles. The van der Waals surface area contributed by atoms with Gasteiger partial charge < -0.3 is 23.0 Å². The van der Waals surface area contributed by atoms with Gasteiger partial charge in [-0.2, -0.15) is 0 Å². The van der Waals surface area contributed by atoms with Crippen molar-refractivity contribution < 1.29 is 17.7 Å². The van der Waals surface area contributed by atoms with Gasteiger partial charge in [-0.1, -0.05) is 0 Å². The fourth-order valence-electron chi connectivity index (χ4n) is 1.77. The minimum Gasteiger partial charge on any atom is -0.449 e. The zero-order chi connectivity index (χ0) is 8.82. The molecule has 0 radical (unpaired) electrons. The molecule has 2 heterocycles. The average Bonchev–Trinajstić information content (AvgIpc) is 2.26. The minimum atomic E-state index is -4.70. The smallest absolute Gasteiger partial charge is 0.449 e. The number of halogens is 3. The third-order valence-corrected chi connectivity index (χ3v) is 2.67. The summed E-state index contributed by atoms with van der Waals surface area (Å²) in [7, 11) is 0. The van der Waals surface area contributed by atoms with E-state index in [-0.39, 0.29) is 13.0 Å². The zero-order valence-corrected chi connectivity index (χ0v) is 6.53. The third-order valence-electron chi connectivity index (χ3n) is 2.67. The van der Waals surface area contributed by atoms with Crippen molar-refractivity contribution in [3.63, 3.8) is 0 Å². The van der Waals surface area contributed by atoms with E-state index in [1.807, 2.05) is 0 Å². The Balaban J connectivity index is 1.98. The van der Waals surface area contributed by atoms with Crippen LogP contribution in [0.25, 0.3) is 0 Å². The second-order valence-electron chi connectivity index (χ2n) is 3.69. The van der Waals surface area contributed by atoms with E-state index < -0.39 is 18.4 Å². The molecule has 0 saturated carbocycles. The number of ether oxygens (including phenoxy) is 1. The first-order valence-corrected chi connectivity index (χ1v) is 4.07. The van der Waals surface area contributed by atoms with Crippen molar-refractivity contribution in [3.8, 4) is 0 Å². The molecule has 1 unspecified atom stereocenters. The molecule has 2 saturated heterocycles. The van der Waals surface area contributed by atoms with Gasteiger partial charge in [0.15, 0.2) is 0 Å². The van der Waals surface area contributed by atoms with E-state index in [2.05, 4.69) is 5.32 Å². The Morgan fingerprint density at radius 1 is 1.33 bits per heavy atom. The highest BCUT2D eigenvalue weighted by Crippen LogP contribution is 2.43. The highest BCUT2D eigenvalue weighted by molar-refractivity contribution is 6.60. The topological polar surface area (TPSA) is 21.3 Å². The van der Waals surface area contributed by atoms with Crippen molar-refractivity contribution in [2.45, 2.75) is 17.8 Å². The predicted molar refractivity (Wildman–Crippen MR) is 39.0 cm³/mol. The SMILES string of the molecule is F[B-](F)(F)C1COC2(CNC2)C1. The van der Waals surface area contributed by atoms with Gasteiger partial charge in [-0.05, 0) is 12.2 Å². The normalized spacial score (nSPS) is 33.8. The summed E-state index contributed by atoms with van der Waals surface area (Å²) in [6, 6.07) is 0. The molecular formula is C6H10BF3NO-. The van der Waals surface area contributed by atoms with E-state index >= 15 is 0 Å². The first kappa shape index (κ1) is 8.38. The molecular weight excluding hydrogens is 170 g/mol. The van der Waals surface area contributed by atoms with E-state index in [4.69, 9.17) is 4.74 Å². The molecule has 2 fully saturated rings. The first-order valence-electron chi connectivity index (χ1n) is 4.07. The van der Waals surface area contributed by atoms with Crippen molar-refractivity contribution in [2.75, 3.05) is 19.7 Å². The van der Waals surface area contributed by atoms with Crippen LogP contribution in [-0.2, 0) is 4.74 Å². The Labute approximate surface area is 68.5 Å². The van der Waals surface area contributed by atoms with Crippen molar-refractivity contribution in [3.05, 3.63) is 0 Å². The van der Waals surface area contributed by atoms with Crippen LogP contribution in [0.2, 0.25) is 5.82 Å². The predicted octanol–water partition coefficient (Wildman–Crippen LogP) is 0.966. The van der Waals surface area contributed by atoms with Gasteiger partial charge in [0.05, 0.1) is 5.60 Å². The number of rotatable bonds is 1. The minimum absolute atomic E-state index is 0.134. The second-order valence-corrected chi connectivity index (χ2v) is 3.69. The van der Waals surface area contributed by atoms with Crippen LogP contribution in [0.1, 0.15) is 6.42 Å². The fraction of sp³-hybridized carbons (Fsp3) is 1.00. The lowest BCUT2D eigenvalue weighted by Crippen LogP contribution is -2.59. The summed E-state index contributed by atoms with van der Waals surface area (Å²) in [5.74, 6) is -1.19. The maximum atomic E-state index is 12.2. The Morgan fingerprint density at radius 2 is 2.00 bits per heavy atom. The van der Waals surface area contributed by atoms with E-state index in [0.717, 1.165) is 0 Å². The molecule has 0 amide bonds. The number of hydrogen-bond donors (Lipinski definition) is 1. The van der Waals surface area contributed by atoms with Gasteiger partial charge in [-0.25, -0.2) is 0 Å². The summed E-state index contributed by atoms with van der Waals surface area (Å²) in [5.41, 5.74) is -0.470. The molecule has 2 aliphatic heterocycles. The summed E-state index contributed by atoms with van der Waals surface area (Å²) in [4.78, 5) is 0. The molecule has 1 spiro atoms. The molecule has 2 rings (SSSR count). The van der Waals surface area contributed by atoms with Crippen LogP contribution in [0.4, 0.5) is 12.9 Å². The monoisotopic (exact) mass is 180 g/mol. The Kier molecular flexibility index (Phi) is 1.67. The van der Waals surface area contributed by atoms with Gasteiger partial charge in [-0.15, -0.1) is 0 Å². The van der Waals surface area contributed by atoms with Crippen LogP contribution >= 0.6 is 0 Å². The largest absolute Gasteiger partial charge is 0.483 e. The summed E-state index contributed by atoms with van der Waals surface area (Å²) in [6.07, 6.45) is 0.156.